The van der Waals surface area contributed by atoms with Crippen LogP contribution in [0.15, 0.2) is 48.5 Å². The van der Waals surface area contributed by atoms with Gasteiger partial charge in [0.1, 0.15) is 11.9 Å². The third-order valence-electron chi connectivity index (χ3n) is 3.87. The highest BCUT2D eigenvalue weighted by molar-refractivity contribution is 5.88. The highest BCUT2D eigenvalue weighted by atomic mass is 16.5. The molecule has 0 aliphatic carbocycles. The zero-order valence-corrected chi connectivity index (χ0v) is 13.7. The number of methoxy groups -OCH3 is 1. The minimum absolute atomic E-state index is 0.0654. The van der Waals surface area contributed by atoms with Crippen LogP contribution in [0.4, 0.5) is 0 Å². The first-order chi connectivity index (χ1) is 11.0. The van der Waals surface area contributed by atoms with E-state index in [4.69, 9.17) is 14.6 Å². The summed E-state index contributed by atoms with van der Waals surface area (Å²) in [5, 5.41) is 8.92. The lowest BCUT2D eigenvalue weighted by Crippen LogP contribution is -2.24. The van der Waals surface area contributed by atoms with Crippen molar-refractivity contribution in [3.8, 4) is 16.9 Å². The molecular formula is C19H22O4. The van der Waals surface area contributed by atoms with Gasteiger partial charge in [0.05, 0.1) is 12.2 Å². The van der Waals surface area contributed by atoms with E-state index >= 15 is 0 Å². The predicted molar refractivity (Wildman–Crippen MR) is 90.0 cm³/mol. The minimum atomic E-state index is -0.917. The van der Waals surface area contributed by atoms with Gasteiger partial charge in [0.15, 0.2) is 0 Å². The number of hydrogen-bond donors (Lipinski definition) is 1. The van der Waals surface area contributed by atoms with Crippen molar-refractivity contribution in [1.29, 1.82) is 0 Å². The van der Waals surface area contributed by atoms with E-state index in [1.807, 2.05) is 43.3 Å². The minimum Gasteiger partial charge on any atom is -0.490 e. The van der Waals surface area contributed by atoms with Crippen molar-refractivity contribution in [2.75, 3.05) is 13.7 Å². The maximum absolute atomic E-state index is 10.9. The summed E-state index contributed by atoms with van der Waals surface area (Å²) in [5.74, 6) is 0.203. The van der Waals surface area contributed by atoms with Gasteiger partial charge in [-0.15, -0.1) is 0 Å². The summed E-state index contributed by atoms with van der Waals surface area (Å²) < 4.78 is 11.1. The van der Waals surface area contributed by atoms with E-state index in [-0.39, 0.29) is 11.7 Å². The maximum atomic E-state index is 10.9. The van der Waals surface area contributed by atoms with E-state index in [0.29, 0.717) is 12.5 Å². The summed E-state index contributed by atoms with van der Waals surface area (Å²) in [5.41, 5.74) is 2.28. The summed E-state index contributed by atoms with van der Waals surface area (Å²) in [7, 11) is 1.69. The molecule has 0 radical (unpaired) electrons. The average Bonchev–Trinajstić information content (AvgIpc) is 2.56. The second-order valence-corrected chi connectivity index (χ2v) is 5.66. The number of benzene rings is 2. The van der Waals surface area contributed by atoms with Crippen LogP contribution < -0.4 is 4.74 Å². The summed E-state index contributed by atoms with van der Waals surface area (Å²) in [4.78, 5) is 10.9. The molecule has 0 saturated carbocycles. The van der Waals surface area contributed by atoms with Crippen molar-refractivity contribution in [3.63, 3.8) is 0 Å². The van der Waals surface area contributed by atoms with Crippen LogP contribution in [0.2, 0.25) is 0 Å². The zero-order chi connectivity index (χ0) is 16.8. The summed E-state index contributed by atoms with van der Waals surface area (Å²) in [6.45, 7) is 4.78. The van der Waals surface area contributed by atoms with Gasteiger partial charge in [-0.2, -0.15) is 0 Å². The number of rotatable bonds is 7. The maximum Gasteiger partial charge on any atom is 0.335 e. The van der Waals surface area contributed by atoms with Crippen LogP contribution in [-0.4, -0.2) is 30.9 Å². The Bertz CT molecular complexity index is 631. The Hall–Kier alpha value is -2.33. The third-order valence-corrected chi connectivity index (χ3v) is 3.87. The largest absolute Gasteiger partial charge is 0.490 e. The lowest BCUT2D eigenvalue weighted by Gasteiger charge is -2.21. The van der Waals surface area contributed by atoms with E-state index in [1.165, 1.54) is 0 Å². The molecule has 0 aromatic heterocycles. The molecule has 0 aliphatic rings. The van der Waals surface area contributed by atoms with Gasteiger partial charge in [-0.1, -0.05) is 31.2 Å². The molecule has 0 spiro atoms. The number of carboxylic acid groups (broad SMARTS) is 1. The number of ether oxygens (including phenoxy) is 2. The molecule has 1 N–H and O–H groups in total. The monoisotopic (exact) mass is 314 g/mol. The van der Waals surface area contributed by atoms with Crippen LogP contribution in [0.3, 0.4) is 0 Å². The van der Waals surface area contributed by atoms with Gasteiger partial charge in [-0.3, -0.25) is 0 Å². The number of carbonyl (C=O) groups is 1. The van der Waals surface area contributed by atoms with Crippen LogP contribution in [0.25, 0.3) is 11.1 Å². The van der Waals surface area contributed by atoms with Crippen LogP contribution in [-0.2, 0) is 4.74 Å². The second kappa shape index (κ2) is 7.79. The molecule has 0 heterocycles. The highest BCUT2D eigenvalue weighted by Crippen LogP contribution is 2.24. The van der Waals surface area contributed by atoms with Crippen LogP contribution in [0.1, 0.15) is 24.2 Å². The van der Waals surface area contributed by atoms with Gasteiger partial charge in [-0.25, -0.2) is 4.79 Å². The fraction of sp³-hybridized carbons (Fsp3) is 0.316. The normalized spacial score (nSPS) is 13.3. The van der Waals surface area contributed by atoms with Crippen molar-refractivity contribution in [2.24, 2.45) is 5.92 Å². The Balaban J connectivity index is 2.05. The Kier molecular flexibility index (Phi) is 5.77. The standard InChI is InChI=1S/C19H22O4/c1-13(12-22-3)14(2)23-18-10-8-16(9-11-18)15-4-6-17(7-5-15)19(20)21/h4-11,13-14H,12H2,1-3H3,(H,20,21)/t13-,14+/m0/s1. The number of hydrogen-bond acceptors (Lipinski definition) is 3. The van der Waals surface area contributed by atoms with Gasteiger partial charge in [0, 0.05) is 13.0 Å². The first kappa shape index (κ1) is 17.0. The first-order valence-electron chi connectivity index (χ1n) is 7.60. The quantitative estimate of drug-likeness (QED) is 0.836. The van der Waals surface area contributed by atoms with Gasteiger partial charge in [0.2, 0.25) is 0 Å². The fourth-order valence-electron chi connectivity index (χ4n) is 2.26. The van der Waals surface area contributed by atoms with Crippen molar-refractivity contribution in [2.45, 2.75) is 20.0 Å². The molecule has 4 nitrogen and oxygen atoms in total. The van der Waals surface area contributed by atoms with Crippen molar-refractivity contribution in [3.05, 3.63) is 54.1 Å². The molecule has 0 bridgehead atoms. The summed E-state index contributed by atoms with van der Waals surface area (Å²) in [6, 6.07) is 14.6. The third kappa shape index (κ3) is 4.57. The number of carboxylic acids is 1. The first-order valence-corrected chi connectivity index (χ1v) is 7.60. The lowest BCUT2D eigenvalue weighted by atomic mass is 10.0. The zero-order valence-electron chi connectivity index (χ0n) is 13.7. The Labute approximate surface area is 136 Å². The molecule has 2 rings (SSSR count). The summed E-state index contributed by atoms with van der Waals surface area (Å²) >= 11 is 0. The van der Waals surface area contributed by atoms with Crippen molar-refractivity contribution in [1.82, 2.24) is 0 Å². The topological polar surface area (TPSA) is 55.8 Å². The van der Waals surface area contributed by atoms with Gasteiger partial charge in [-0.05, 0) is 42.3 Å². The van der Waals surface area contributed by atoms with Crippen molar-refractivity contribution >= 4 is 5.97 Å². The predicted octanol–water partition coefficient (Wildman–Crippen LogP) is 4.10. The van der Waals surface area contributed by atoms with E-state index in [2.05, 4.69) is 6.92 Å². The van der Waals surface area contributed by atoms with E-state index in [9.17, 15) is 4.79 Å². The molecule has 0 amide bonds. The van der Waals surface area contributed by atoms with Crippen LogP contribution in [0.5, 0.6) is 5.75 Å². The molecule has 0 saturated heterocycles. The molecular weight excluding hydrogens is 292 g/mol. The van der Waals surface area contributed by atoms with E-state index < -0.39 is 5.97 Å². The SMILES string of the molecule is COC[C@H](C)[C@@H](C)Oc1ccc(-c2ccc(C(=O)O)cc2)cc1. The molecule has 4 heteroatoms. The Morgan fingerprint density at radius 3 is 2.00 bits per heavy atom. The molecule has 122 valence electrons. The smallest absolute Gasteiger partial charge is 0.335 e. The molecule has 2 atom stereocenters. The van der Waals surface area contributed by atoms with E-state index in [0.717, 1.165) is 16.9 Å². The Morgan fingerprint density at radius 2 is 1.52 bits per heavy atom. The van der Waals surface area contributed by atoms with Crippen LogP contribution >= 0.6 is 0 Å². The van der Waals surface area contributed by atoms with Gasteiger partial charge in [0.25, 0.3) is 0 Å². The molecule has 2 aromatic rings. The fourth-order valence-corrected chi connectivity index (χ4v) is 2.26. The highest BCUT2D eigenvalue weighted by Gasteiger charge is 2.13. The average molecular weight is 314 g/mol. The molecule has 0 unspecified atom stereocenters. The molecule has 2 aromatic carbocycles. The molecule has 0 aliphatic heterocycles. The second-order valence-electron chi connectivity index (χ2n) is 5.66. The van der Waals surface area contributed by atoms with Crippen LogP contribution in [0, 0.1) is 5.92 Å². The van der Waals surface area contributed by atoms with Crippen molar-refractivity contribution < 1.29 is 19.4 Å². The lowest BCUT2D eigenvalue weighted by molar-refractivity contribution is 0.0697. The van der Waals surface area contributed by atoms with Gasteiger partial charge >= 0.3 is 5.97 Å². The molecule has 0 fully saturated rings. The molecule has 23 heavy (non-hydrogen) atoms. The Morgan fingerprint density at radius 1 is 1.00 bits per heavy atom. The van der Waals surface area contributed by atoms with Gasteiger partial charge < -0.3 is 14.6 Å². The number of aromatic carboxylic acids is 1. The summed E-state index contributed by atoms with van der Waals surface area (Å²) in [6.07, 6.45) is 0.0654. The van der Waals surface area contributed by atoms with E-state index in [1.54, 1.807) is 19.2 Å².